The molecule has 0 aromatic carbocycles. The highest BCUT2D eigenvalue weighted by Crippen LogP contribution is 2.68. The van der Waals surface area contributed by atoms with Crippen molar-refractivity contribution in [2.24, 2.45) is 46.2 Å². The van der Waals surface area contributed by atoms with Gasteiger partial charge in [0.25, 0.3) is 0 Å². The van der Waals surface area contributed by atoms with E-state index >= 15 is 0 Å². The summed E-state index contributed by atoms with van der Waals surface area (Å²) in [7, 11) is 0. The van der Waals surface area contributed by atoms with Gasteiger partial charge in [-0.15, -0.1) is 0 Å². The lowest BCUT2D eigenvalue weighted by atomic mass is 9.44. The zero-order valence-electron chi connectivity index (χ0n) is 15.6. The van der Waals surface area contributed by atoms with Crippen molar-refractivity contribution in [3.05, 3.63) is 12.2 Å². The molecule has 4 aliphatic carbocycles. The van der Waals surface area contributed by atoms with Crippen molar-refractivity contribution >= 4 is 0 Å². The maximum Gasteiger partial charge on any atom is 0.00418 e. The first-order valence-electron chi connectivity index (χ1n) is 10.3. The Bertz CT molecular complexity index is 496. The molecule has 23 heavy (non-hydrogen) atoms. The van der Waals surface area contributed by atoms with Gasteiger partial charge in [-0.05, 0) is 105 Å². The van der Waals surface area contributed by atoms with Crippen LogP contribution in [-0.4, -0.2) is 6.04 Å². The zero-order valence-corrected chi connectivity index (χ0v) is 15.6. The first kappa shape index (κ1) is 16.2. The normalized spacial score (nSPS) is 55.7. The summed E-state index contributed by atoms with van der Waals surface area (Å²) in [4.78, 5) is 0. The van der Waals surface area contributed by atoms with Crippen LogP contribution in [0.15, 0.2) is 12.2 Å². The molecule has 0 spiro atoms. The van der Waals surface area contributed by atoms with Crippen LogP contribution in [0.2, 0.25) is 0 Å². The molecule has 4 rings (SSSR count). The Balaban J connectivity index is 1.61. The molecule has 2 N–H and O–H groups in total. The fourth-order valence-corrected chi connectivity index (χ4v) is 8.10. The Morgan fingerprint density at radius 2 is 1.61 bits per heavy atom. The van der Waals surface area contributed by atoms with Crippen molar-refractivity contribution in [2.75, 3.05) is 0 Å². The molecule has 0 aromatic rings. The highest BCUT2D eigenvalue weighted by atomic mass is 14.7. The third kappa shape index (κ3) is 2.21. The molecule has 130 valence electrons. The van der Waals surface area contributed by atoms with Crippen molar-refractivity contribution < 1.29 is 0 Å². The van der Waals surface area contributed by atoms with Crippen molar-refractivity contribution in [1.82, 2.24) is 0 Å². The van der Waals surface area contributed by atoms with E-state index in [1.807, 2.05) is 0 Å². The summed E-state index contributed by atoms with van der Waals surface area (Å²) in [6.07, 6.45) is 12.7. The van der Waals surface area contributed by atoms with Crippen molar-refractivity contribution in [3.63, 3.8) is 0 Å². The quantitative estimate of drug-likeness (QED) is 0.631. The van der Waals surface area contributed by atoms with Crippen molar-refractivity contribution in [3.8, 4) is 0 Å². The van der Waals surface area contributed by atoms with Crippen molar-refractivity contribution in [2.45, 2.75) is 84.6 Å². The fourth-order valence-electron chi connectivity index (χ4n) is 8.10. The highest BCUT2D eigenvalue weighted by Gasteiger charge is 2.59. The lowest BCUT2D eigenvalue weighted by Crippen LogP contribution is -2.54. The average Bonchev–Trinajstić information content (AvgIpc) is 2.85. The van der Waals surface area contributed by atoms with Crippen LogP contribution in [-0.2, 0) is 0 Å². The van der Waals surface area contributed by atoms with Gasteiger partial charge in [0.2, 0.25) is 0 Å². The molecule has 4 saturated carbocycles. The first-order chi connectivity index (χ1) is 10.9. The smallest absolute Gasteiger partial charge is 0.00418 e. The molecule has 4 fully saturated rings. The number of rotatable bonds is 1. The largest absolute Gasteiger partial charge is 0.328 e. The van der Waals surface area contributed by atoms with E-state index in [0.29, 0.717) is 16.9 Å². The maximum absolute atomic E-state index is 6.32. The zero-order chi connectivity index (χ0) is 16.4. The molecule has 8 unspecified atom stereocenters. The molecule has 1 nitrogen and oxygen atoms in total. The fraction of sp³-hybridized carbons (Fsp3) is 0.909. The van der Waals surface area contributed by atoms with Crippen LogP contribution in [0.3, 0.4) is 0 Å². The standard InChI is InChI=1S/C22H37N/c1-14(2)18-7-8-19-17-6-5-15-13-16(23)9-11-21(15,3)20(17)10-12-22(18,19)4/h15-20H,1,5-13,23H2,2-4H3. The van der Waals surface area contributed by atoms with E-state index in [1.165, 1.54) is 63.4 Å². The predicted octanol–water partition coefficient (Wildman–Crippen LogP) is 5.55. The number of hydrogen-bond donors (Lipinski definition) is 1. The molecule has 0 aromatic heterocycles. The molecule has 0 bridgehead atoms. The molecule has 0 heterocycles. The third-order valence-electron chi connectivity index (χ3n) is 9.30. The Kier molecular flexibility index (Phi) is 3.76. The molecule has 0 aliphatic heterocycles. The molecule has 0 amide bonds. The summed E-state index contributed by atoms with van der Waals surface area (Å²) in [5, 5.41) is 0. The molecule has 0 saturated heterocycles. The van der Waals surface area contributed by atoms with E-state index < -0.39 is 0 Å². The summed E-state index contributed by atoms with van der Waals surface area (Å²) in [5.74, 6) is 4.65. The van der Waals surface area contributed by atoms with Crippen LogP contribution in [0.4, 0.5) is 0 Å². The Morgan fingerprint density at radius 1 is 0.913 bits per heavy atom. The second kappa shape index (κ2) is 5.35. The summed E-state index contributed by atoms with van der Waals surface area (Å²) in [6, 6.07) is 0.484. The van der Waals surface area contributed by atoms with Gasteiger partial charge < -0.3 is 5.73 Å². The monoisotopic (exact) mass is 315 g/mol. The van der Waals surface area contributed by atoms with E-state index in [9.17, 15) is 0 Å². The van der Waals surface area contributed by atoms with Gasteiger partial charge >= 0.3 is 0 Å². The minimum atomic E-state index is 0.484. The van der Waals surface area contributed by atoms with Gasteiger partial charge in [-0.1, -0.05) is 26.0 Å². The van der Waals surface area contributed by atoms with Crippen LogP contribution in [0.1, 0.15) is 78.6 Å². The third-order valence-corrected chi connectivity index (χ3v) is 9.30. The van der Waals surface area contributed by atoms with Crippen LogP contribution in [0, 0.1) is 40.4 Å². The topological polar surface area (TPSA) is 26.0 Å². The number of nitrogens with two attached hydrogens (primary N) is 1. The minimum Gasteiger partial charge on any atom is -0.328 e. The number of fused-ring (bicyclic) bond motifs is 5. The Hall–Kier alpha value is -0.300. The van der Waals surface area contributed by atoms with Gasteiger partial charge in [-0.2, -0.15) is 0 Å². The SMILES string of the molecule is C=C(C)C1CCC2C3CCC4CC(N)CCC4(C)C3CCC12C. The van der Waals surface area contributed by atoms with Crippen molar-refractivity contribution in [1.29, 1.82) is 0 Å². The number of hydrogen-bond acceptors (Lipinski definition) is 1. The van der Waals surface area contributed by atoms with E-state index in [4.69, 9.17) is 5.73 Å². The summed E-state index contributed by atoms with van der Waals surface area (Å²) in [5.41, 5.74) is 8.93. The predicted molar refractivity (Wildman–Crippen MR) is 98.0 cm³/mol. The molecular formula is C22H37N. The summed E-state index contributed by atoms with van der Waals surface area (Å²) < 4.78 is 0. The van der Waals surface area contributed by atoms with E-state index in [1.54, 1.807) is 0 Å². The van der Waals surface area contributed by atoms with E-state index in [0.717, 1.165) is 29.6 Å². The van der Waals surface area contributed by atoms with Gasteiger partial charge in [-0.3, -0.25) is 0 Å². The van der Waals surface area contributed by atoms with Gasteiger partial charge in [0.05, 0.1) is 0 Å². The first-order valence-corrected chi connectivity index (χ1v) is 10.3. The molecule has 4 aliphatic rings. The maximum atomic E-state index is 6.32. The molecule has 0 radical (unpaired) electrons. The van der Waals surface area contributed by atoms with Crippen LogP contribution < -0.4 is 5.73 Å². The molecular weight excluding hydrogens is 278 g/mol. The lowest BCUT2D eigenvalue weighted by Gasteiger charge is -2.61. The van der Waals surface area contributed by atoms with E-state index in [2.05, 4.69) is 27.4 Å². The Morgan fingerprint density at radius 3 is 2.35 bits per heavy atom. The second-order valence-corrected chi connectivity index (χ2v) is 10.2. The number of allylic oxidation sites excluding steroid dienone is 1. The van der Waals surface area contributed by atoms with E-state index in [-0.39, 0.29) is 0 Å². The van der Waals surface area contributed by atoms with Gasteiger partial charge in [-0.25, -0.2) is 0 Å². The van der Waals surface area contributed by atoms with Crippen LogP contribution in [0.5, 0.6) is 0 Å². The summed E-state index contributed by atoms with van der Waals surface area (Å²) in [6.45, 7) is 11.9. The highest BCUT2D eigenvalue weighted by molar-refractivity contribution is 5.15. The van der Waals surface area contributed by atoms with Gasteiger partial charge in [0.15, 0.2) is 0 Å². The molecule has 8 atom stereocenters. The second-order valence-electron chi connectivity index (χ2n) is 10.2. The lowest BCUT2D eigenvalue weighted by molar-refractivity contribution is -0.110. The summed E-state index contributed by atoms with van der Waals surface area (Å²) >= 11 is 0. The van der Waals surface area contributed by atoms with Crippen LogP contribution in [0.25, 0.3) is 0 Å². The average molecular weight is 316 g/mol. The molecule has 1 heteroatoms. The van der Waals surface area contributed by atoms with Crippen LogP contribution >= 0.6 is 0 Å². The minimum absolute atomic E-state index is 0.484. The van der Waals surface area contributed by atoms with Gasteiger partial charge in [0.1, 0.15) is 0 Å². The Labute approximate surface area is 143 Å². The van der Waals surface area contributed by atoms with Gasteiger partial charge in [0, 0.05) is 6.04 Å².